The zero-order valence-corrected chi connectivity index (χ0v) is 11.0. The van der Waals surface area contributed by atoms with Crippen LogP contribution in [0.5, 0.6) is 0 Å². The van der Waals surface area contributed by atoms with E-state index in [1.165, 1.54) is 11.9 Å². The van der Waals surface area contributed by atoms with Crippen LogP contribution < -0.4 is 5.43 Å². The molecule has 0 unspecified atom stereocenters. The molecule has 106 valence electrons. The average Bonchev–Trinajstić information content (AvgIpc) is 2.63. The minimum absolute atomic E-state index is 0.230. The van der Waals surface area contributed by atoms with Gasteiger partial charge in [-0.3, -0.25) is 25.2 Å². The molecule has 0 aromatic carbocycles. The topological polar surface area (TPSA) is 93.2 Å². The van der Waals surface area contributed by atoms with Crippen LogP contribution in [0.25, 0.3) is 0 Å². The van der Waals surface area contributed by atoms with Crippen LogP contribution in [0, 0.1) is 0 Å². The molecule has 19 heavy (non-hydrogen) atoms. The fraction of sp³-hybridized carbons (Fsp3) is 0.727. The summed E-state index contributed by atoms with van der Waals surface area (Å²) in [5.74, 6) is -0.607. The molecule has 2 N–H and O–H groups in total. The quantitative estimate of drug-likeness (QED) is 0.524. The van der Waals surface area contributed by atoms with Gasteiger partial charge in [-0.15, -0.1) is 0 Å². The summed E-state index contributed by atoms with van der Waals surface area (Å²) in [5.41, 5.74) is 2.44. The molecule has 2 aliphatic heterocycles. The van der Waals surface area contributed by atoms with Gasteiger partial charge in [-0.25, -0.2) is 9.86 Å². The molecule has 2 aliphatic rings. The molecule has 0 aromatic rings. The lowest BCUT2D eigenvalue weighted by atomic mass is 10.0. The van der Waals surface area contributed by atoms with Gasteiger partial charge in [0, 0.05) is 20.0 Å². The predicted octanol–water partition coefficient (Wildman–Crippen LogP) is -0.456. The highest BCUT2D eigenvalue weighted by Gasteiger charge is 2.47. The summed E-state index contributed by atoms with van der Waals surface area (Å²) in [6, 6.07) is -1.40. The second-order valence-electron chi connectivity index (χ2n) is 4.81. The van der Waals surface area contributed by atoms with Crippen molar-refractivity contribution < 1.29 is 19.6 Å². The van der Waals surface area contributed by atoms with Crippen molar-refractivity contribution in [2.75, 3.05) is 13.6 Å². The van der Waals surface area contributed by atoms with Gasteiger partial charge in [-0.1, -0.05) is 6.92 Å². The van der Waals surface area contributed by atoms with E-state index in [-0.39, 0.29) is 24.3 Å². The highest BCUT2D eigenvalue weighted by Crippen LogP contribution is 2.28. The number of fused-ring (bicyclic) bond motifs is 2. The van der Waals surface area contributed by atoms with E-state index in [2.05, 4.69) is 5.43 Å². The monoisotopic (exact) mass is 270 g/mol. The molecule has 0 aliphatic carbocycles. The summed E-state index contributed by atoms with van der Waals surface area (Å²) >= 11 is 0. The number of piperidine rings is 1. The number of nitrogens with zero attached hydrogens (tertiary/aromatic N) is 3. The Morgan fingerprint density at radius 1 is 1.47 bits per heavy atom. The van der Waals surface area contributed by atoms with Crippen molar-refractivity contribution in [3.8, 4) is 0 Å². The average molecular weight is 270 g/mol. The number of urea groups is 1. The number of carbonyl (C=O) groups excluding carboxylic acids is 3. The van der Waals surface area contributed by atoms with Crippen LogP contribution in [0.15, 0.2) is 0 Å². The summed E-state index contributed by atoms with van der Waals surface area (Å²) in [6.45, 7) is 2.04. The van der Waals surface area contributed by atoms with Gasteiger partial charge >= 0.3 is 6.03 Å². The van der Waals surface area contributed by atoms with Gasteiger partial charge in [0.1, 0.15) is 6.04 Å². The third-order valence-corrected chi connectivity index (χ3v) is 3.57. The van der Waals surface area contributed by atoms with Crippen molar-refractivity contribution in [3.05, 3.63) is 0 Å². The zero-order chi connectivity index (χ0) is 14.2. The summed E-state index contributed by atoms with van der Waals surface area (Å²) in [6.07, 6.45) is 1.33. The molecule has 0 spiro atoms. The fourth-order valence-corrected chi connectivity index (χ4v) is 2.45. The van der Waals surface area contributed by atoms with Crippen molar-refractivity contribution in [2.24, 2.45) is 0 Å². The molecule has 2 heterocycles. The Balaban J connectivity index is 2.04. The number of likely N-dealkylation sites (N-methyl/N-ethyl adjacent to an activating group) is 1. The molecule has 4 amide bonds. The number of amides is 4. The van der Waals surface area contributed by atoms with Crippen molar-refractivity contribution in [1.82, 2.24) is 20.4 Å². The second kappa shape index (κ2) is 5.04. The van der Waals surface area contributed by atoms with Crippen molar-refractivity contribution in [1.29, 1.82) is 0 Å². The largest absolute Gasteiger partial charge is 0.344 e. The number of carbonyl (C=O) groups is 3. The lowest BCUT2D eigenvalue weighted by Gasteiger charge is -2.32. The van der Waals surface area contributed by atoms with E-state index in [0.29, 0.717) is 24.4 Å². The third kappa shape index (κ3) is 2.35. The smallest absolute Gasteiger partial charge is 0.309 e. The molecule has 2 saturated heterocycles. The number of nitrogens with one attached hydrogen (secondary N) is 1. The van der Waals surface area contributed by atoms with Crippen LogP contribution in [0.3, 0.4) is 0 Å². The molecular weight excluding hydrogens is 252 g/mol. The van der Waals surface area contributed by atoms with E-state index < -0.39 is 12.1 Å². The van der Waals surface area contributed by atoms with Gasteiger partial charge in [-0.2, -0.15) is 0 Å². The molecule has 8 nitrogen and oxygen atoms in total. The Bertz CT molecular complexity index is 413. The molecule has 2 atom stereocenters. The van der Waals surface area contributed by atoms with Crippen molar-refractivity contribution in [3.63, 3.8) is 0 Å². The van der Waals surface area contributed by atoms with Crippen LogP contribution >= 0.6 is 0 Å². The van der Waals surface area contributed by atoms with E-state index in [9.17, 15) is 19.6 Å². The van der Waals surface area contributed by atoms with Crippen LogP contribution in [0.2, 0.25) is 0 Å². The van der Waals surface area contributed by atoms with E-state index in [1.54, 1.807) is 6.92 Å². The van der Waals surface area contributed by atoms with Gasteiger partial charge in [0.05, 0.1) is 6.04 Å². The lowest BCUT2D eigenvalue weighted by molar-refractivity contribution is -0.143. The van der Waals surface area contributed by atoms with Crippen LogP contribution in [-0.2, 0) is 9.59 Å². The molecule has 0 aromatic heterocycles. The summed E-state index contributed by atoms with van der Waals surface area (Å²) in [7, 11) is 1.46. The Labute approximate surface area is 110 Å². The second-order valence-corrected chi connectivity index (χ2v) is 4.81. The molecule has 2 fully saturated rings. The Kier molecular flexibility index (Phi) is 3.61. The van der Waals surface area contributed by atoms with Gasteiger partial charge in [0.25, 0.3) is 5.91 Å². The zero-order valence-electron chi connectivity index (χ0n) is 11.0. The molecular formula is C11H18N4O4. The van der Waals surface area contributed by atoms with Gasteiger partial charge in [0.15, 0.2) is 0 Å². The molecule has 2 bridgehead atoms. The highest BCUT2D eigenvalue weighted by atomic mass is 16.5. The summed E-state index contributed by atoms with van der Waals surface area (Å²) in [5, 5.41) is 11.3. The summed E-state index contributed by atoms with van der Waals surface area (Å²) in [4.78, 5) is 36.6. The van der Waals surface area contributed by atoms with E-state index in [1.807, 2.05) is 0 Å². The SMILES string of the molecule is CCC(=O)NN(C)C(=O)[C@H]1CC[C@H]2CN1C(=O)N2O. The Morgan fingerprint density at radius 2 is 2.16 bits per heavy atom. The Morgan fingerprint density at radius 3 is 2.79 bits per heavy atom. The fourth-order valence-electron chi connectivity index (χ4n) is 2.45. The lowest BCUT2D eigenvalue weighted by Crippen LogP contribution is -2.54. The predicted molar refractivity (Wildman–Crippen MR) is 63.7 cm³/mol. The van der Waals surface area contributed by atoms with Crippen LogP contribution in [-0.4, -0.2) is 63.7 Å². The molecule has 2 rings (SSSR count). The van der Waals surface area contributed by atoms with Crippen molar-refractivity contribution >= 4 is 17.8 Å². The highest BCUT2D eigenvalue weighted by molar-refractivity contribution is 5.89. The standard InChI is InChI=1S/C11H18N4O4/c1-3-9(16)12-13(2)10(17)8-5-4-7-6-14(8)11(18)15(7)19/h7-8,19H,3-6H2,1-2H3,(H,12,16)/t7-,8+/m0/s1. The van der Waals surface area contributed by atoms with Gasteiger partial charge in [-0.05, 0) is 12.8 Å². The van der Waals surface area contributed by atoms with Crippen LogP contribution in [0.1, 0.15) is 26.2 Å². The first-order valence-corrected chi connectivity index (χ1v) is 6.31. The minimum Gasteiger partial charge on any atom is -0.309 e. The van der Waals surface area contributed by atoms with E-state index in [4.69, 9.17) is 0 Å². The van der Waals surface area contributed by atoms with E-state index >= 15 is 0 Å². The maximum atomic E-state index is 12.2. The minimum atomic E-state index is -0.622. The number of hydrogen-bond acceptors (Lipinski definition) is 4. The van der Waals surface area contributed by atoms with Crippen molar-refractivity contribution in [2.45, 2.75) is 38.3 Å². The van der Waals surface area contributed by atoms with Crippen LogP contribution in [0.4, 0.5) is 4.79 Å². The maximum Gasteiger partial charge on any atom is 0.344 e. The first-order chi connectivity index (χ1) is 8.95. The first-order valence-electron chi connectivity index (χ1n) is 6.31. The number of hydrazine groups is 1. The first kappa shape index (κ1) is 13.6. The van der Waals surface area contributed by atoms with Gasteiger partial charge in [0.2, 0.25) is 5.91 Å². The molecule has 8 heteroatoms. The van der Waals surface area contributed by atoms with Gasteiger partial charge < -0.3 is 4.90 Å². The van der Waals surface area contributed by atoms with E-state index in [0.717, 1.165) is 5.01 Å². The number of hydrogen-bond donors (Lipinski definition) is 2. The molecule has 0 saturated carbocycles. The Hall–Kier alpha value is -1.83. The summed E-state index contributed by atoms with van der Waals surface area (Å²) < 4.78 is 0. The normalized spacial score (nSPS) is 25.5. The number of rotatable bonds is 2. The molecule has 0 radical (unpaired) electrons. The number of hydroxylamine groups is 2. The maximum absolute atomic E-state index is 12.2. The third-order valence-electron chi connectivity index (χ3n) is 3.57.